The summed E-state index contributed by atoms with van der Waals surface area (Å²) >= 11 is 0. The van der Waals surface area contributed by atoms with E-state index in [2.05, 4.69) is 23.5 Å². The van der Waals surface area contributed by atoms with Crippen LogP contribution in [-0.2, 0) is 19.3 Å². The second kappa shape index (κ2) is 11.4. The van der Waals surface area contributed by atoms with Crippen LogP contribution < -0.4 is 4.74 Å². The van der Waals surface area contributed by atoms with E-state index in [0.717, 1.165) is 30.2 Å². The first kappa shape index (κ1) is 26.2. The predicted molar refractivity (Wildman–Crippen MR) is 133 cm³/mol. The smallest absolute Gasteiger partial charge is 0.422 e. The molecule has 6 heteroatoms. The molecule has 0 amide bonds. The van der Waals surface area contributed by atoms with Crippen LogP contribution in [0.3, 0.4) is 0 Å². The molecule has 0 atom stereocenters. The first-order valence-corrected chi connectivity index (χ1v) is 12.5. The number of allylic oxidation sites excluding steroid dienone is 1. The fraction of sp³-hybridized carbons (Fsp3) is 0.400. The van der Waals surface area contributed by atoms with Gasteiger partial charge in [-0.15, -0.1) is 6.58 Å². The molecule has 1 aliphatic carbocycles. The Morgan fingerprint density at radius 2 is 1.58 bits per heavy atom. The van der Waals surface area contributed by atoms with Gasteiger partial charge in [0.1, 0.15) is 5.82 Å². The third-order valence-electron chi connectivity index (χ3n) is 7.24. The van der Waals surface area contributed by atoms with Gasteiger partial charge in [0, 0.05) is 5.39 Å². The van der Waals surface area contributed by atoms with Crippen molar-refractivity contribution in [1.29, 1.82) is 0 Å². The summed E-state index contributed by atoms with van der Waals surface area (Å²) in [5.74, 6) is -0.196. The summed E-state index contributed by atoms with van der Waals surface area (Å²) in [6.07, 6.45) is 5.31. The molecule has 192 valence electrons. The maximum Gasteiger partial charge on any atom is 0.422 e. The van der Waals surface area contributed by atoms with Crippen LogP contribution in [0.15, 0.2) is 61.2 Å². The maximum absolute atomic E-state index is 15.2. The number of aryl methyl sites for hydroxylation is 3. The van der Waals surface area contributed by atoms with Crippen LogP contribution in [0.2, 0.25) is 0 Å². The van der Waals surface area contributed by atoms with E-state index in [9.17, 15) is 17.6 Å². The van der Waals surface area contributed by atoms with Gasteiger partial charge in [0.15, 0.2) is 18.2 Å². The van der Waals surface area contributed by atoms with Gasteiger partial charge < -0.3 is 4.74 Å². The molecule has 0 aliphatic heterocycles. The van der Waals surface area contributed by atoms with E-state index in [4.69, 9.17) is 0 Å². The summed E-state index contributed by atoms with van der Waals surface area (Å²) in [6.45, 7) is 2.36. The fourth-order valence-corrected chi connectivity index (χ4v) is 5.07. The summed E-state index contributed by atoms with van der Waals surface area (Å²) in [4.78, 5) is 0. The van der Waals surface area contributed by atoms with E-state index in [1.54, 1.807) is 6.07 Å². The molecule has 3 aromatic rings. The van der Waals surface area contributed by atoms with E-state index in [0.29, 0.717) is 35.3 Å². The molecule has 0 radical (unpaired) electrons. The van der Waals surface area contributed by atoms with Crippen LogP contribution in [0, 0.1) is 23.5 Å². The minimum Gasteiger partial charge on any atom is -0.481 e. The highest BCUT2D eigenvalue weighted by atomic mass is 19.4. The van der Waals surface area contributed by atoms with Crippen LogP contribution in [0.25, 0.3) is 10.8 Å². The molecule has 4 rings (SSSR count). The largest absolute Gasteiger partial charge is 0.481 e. The second-order valence-electron chi connectivity index (χ2n) is 9.82. The molecule has 0 spiro atoms. The third kappa shape index (κ3) is 6.86. The van der Waals surface area contributed by atoms with Crippen LogP contribution >= 0.6 is 0 Å². The van der Waals surface area contributed by atoms with Gasteiger partial charge in [-0.05, 0) is 97.4 Å². The van der Waals surface area contributed by atoms with Gasteiger partial charge in [-0.2, -0.15) is 13.2 Å². The van der Waals surface area contributed by atoms with Gasteiger partial charge in [0.2, 0.25) is 0 Å². The van der Waals surface area contributed by atoms with Crippen LogP contribution in [0.1, 0.15) is 48.8 Å². The quantitative estimate of drug-likeness (QED) is 0.210. The zero-order valence-electron chi connectivity index (χ0n) is 20.2. The van der Waals surface area contributed by atoms with Crippen molar-refractivity contribution >= 4 is 10.8 Å². The molecule has 1 fully saturated rings. The number of hydrogen-bond donors (Lipinski definition) is 0. The van der Waals surface area contributed by atoms with Crippen LogP contribution in [0.4, 0.5) is 22.0 Å². The molecule has 1 nitrogen and oxygen atoms in total. The number of rotatable bonds is 9. The fourth-order valence-electron chi connectivity index (χ4n) is 5.07. The molecule has 3 aromatic carbocycles. The van der Waals surface area contributed by atoms with Crippen molar-refractivity contribution < 1.29 is 26.7 Å². The molecule has 36 heavy (non-hydrogen) atoms. The monoisotopic (exact) mass is 502 g/mol. The molecule has 0 unspecified atom stereocenters. The summed E-state index contributed by atoms with van der Waals surface area (Å²) in [5, 5.41) is 1.42. The lowest BCUT2D eigenvalue weighted by Gasteiger charge is -2.26. The zero-order chi connectivity index (χ0) is 25.7. The number of fused-ring (bicyclic) bond motifs is 1. The molecule has 0 N–H and O–H groups in total. The van der Waals surface area contributed by atoms with E-state index in [1.807, 2.05) is 18.2 Å². The van der Waals surface area contributed by atoms with Crippen molar-refractivity contribution in [2.24, 2.45) is 11.8 Å². The van der Waals surface area contributed by atoms with Gasteiger partial charge in [0.05, 0.1) is 0 Å². The van der Waals surface area contributed by atoms with E-state index < -0.39 is 24.3 Å². The molecule has 0 aromatic heterocycles. The standard InChI is InChI=1S/C30H31F5O/c1-2-20-3-5-21(6-4-20)7-8-22-10-15-26-25(17-22)14-13-24(29(26)32)12-9-23-11-16-28(27(31)18-23)36-19-30(33,34)35/h2,10-11,13-18,20-21H,1,3-9,12,19H2. The number of hydrogen-bond acceptors (Lipinski definition) is 1. The SMILES string of the molecule is C=CC1CCC(CCc2ccc3c(F)c(CCc4ccc(OCC(F)(F)F)c(F)c4)ccc3c2)CC1. The third-order valence-corrected chi connectivity index (χ3v) is 7.24. The van der Waals surface area contributed by atoms with E-state index in [-0.39, 0.29) is 5.82 Å². The normalized spacial score (nSPS) is 18.4. The summed E-state index contributed by atoms with van der Waals surface area (Å²) < 4.78 is 70.7. The summed E-state index contributed by atoms with van der Waals surface area (Å²) in [6, 6.07) is 13.4. The van der Waals surface area contributed by atoms with Crippen molar-refractivity contribution in [1.82, 2.24) is 0 Å². The van der Waals surface area contributed by atoms with Crippen molar-refractivity contribution in [3.8, 4) is 5.75 Å². The molecule has 0 bridgehead atoms. The van der Waals surface area contributed by atoms with Gasteiger partial charge in [-0.1, -0.05) is 42.5 Å². The Bertz CT molecular complexity index is 1190. The Labute approximate surface area is 209 Å². The van der Waals surface area contributed by atoms with Gasteiger partial charge in [-0.25, -0.2) is 8.78 Å². The Morgan fingerprint density at radius 3 is 2.28 bits per heavy atom. The Kier molecular flexibility index (Phi) is 8.32. The molecule has 1 saturated carbocycles. The average Bonchev–Trinajstić information content (AvgIpc) is 2.86. The topological polar surface area (TPSA) is 9.23 Å². The first-order chi connectivity index (χ1) is 17.2. The second-order valence-corrected chi connectivity index (χ2v) is 9.82. The van der Waals surface area contributed by atoms with Crippen LogP contribution in [-0.4, -0.2) is 12.8 Å². The average molecular weight is 503 g/mol. The molecule has 1 aliphatic rings. The Hall–Kier alpha value is -2.89. The minimum atomic E-state index is -4.54. The predicted octanol–water partition coefficient (Wildman–Crippen LogP) is 8.77. The van der Waals surface area contributed by atoms with Gasteiger partial charge in [0.25, 0.3) is 0 Å². The summed E-state index contributed by atoms with van der Waals surface area (Å²) in [5.41, 5.74) is 2.29. The van der Waals surface area contributed by atoms with E-state index in [1.165, 1.54) is 43.4 Å². The van der Waals surface area contributed by atoms with Crippen molar-refractivity contribution in [2.45, 2.75) is 57.5 Å². The minimum absolute atomic E-state index is 0.285. The molecule has 0 saturated heterocycles. The summed E-state index contributed by atoms with van der Waals surface area (Å²) in [7, 11) is 0. The lowest BCUT2D eigenvalue weighted by molar-refractivity contribution is -0.153. The van der Waals surface area contributed by atoms with Gasteiger partial charge >= 0.3 is 6.18 Å². The molecular weight excluding hydrogens is 471 g/mol. The number of benzene rings is 3. The highest BCUT2D eigenvalue weighted by molar-refractivity contribution is 5.84. The number of halogens is 5. The van der Waals surface area contributed by atoms with Crippen LogP contribution in [0.5, 0.6) is 5.75 Å². The highest BCUT2D eigenvalue weighted by Crippen LogP contribution is 2.33. The number of alkyl halides is 3. The Morgan fingerprint density at radius 1 is 0.861 bits per heavy atom. The molecular formula is C30H31F5O. The first-order valence-electron chi connectivity index (χ1n) is 12.5. The number of ether oxygens (including phenoxy) is 1. The lowest BCUT2D eigenvalue weighted by atomic mass is 9.79. The molecule has 0 heterocycles. The lowest BCUT2D eigenvalue weighted by Crippen LogP contribution is -2.19. The zero-order valence-corrected chi connectivity index (χ0v) is 20.2. The van der Waals surface area contributed by atoms with Crippen molar-refractivity contribution in [3.05, 3.63) is 89.5 Å². The van der Waals surface area contributed by atoms with Gasteiger partial charge in [-0.3, -0.25) is 0 Å². The van der Waals surface area contributed by atoms with Crippen molar-refractivity contribution in [3.63, 3.8) is 0 Å². The van der Waals surface area contributed by atoms with E-state index >= 15 is 4.39 Å². The van der Waals surface area contributed by atoms with Crippen molar-refractivity contribution in [2.75, 3.05) is 6.61 Å². The maximum atomic E-state index is 15.2. The highest BCUT2D eigenvalue weighted by Gasteiger charge is 2.29. The Balaban J connectivity index is 1.36.